The van der Waals surface area contributed by atoms with E-state index in [1.54, 1.807) is 0 Å². The van der Waals surface area contributed by atoms with Crippen molar-refractivity contribution in [3.05, 3.63) is 72.1 Å². The first kappa shape index (κ1) is 22.6. The Hall–Kier alpha value is -4.18. The summed E-state index contributed by atoms with van der Waals surface area (Å²) in [4.78, 5) is 37.5. The van der Waals surface area contributed by atoms with Crippen molar-refractivity contribution in [3.63, 3.8) is 0 Å². The summed E-state index contributed by atoms with van der Waals surface area (Å²) in [5.41, 5.74) is 4.84. The van der Waals surface area contributed by atoms with Gasteiger partial charge in [0, 0.05) is 25.1 Å². The van der Waals surface area contributed by atoms with Crippen LogP contribution in [0.2, 0.25) is 0 Å². The van der Waals surface area contributed by atoms with Crippen LogP contribution in [0.4, 0.5) is 10.5 Å². The molecule has 1 aliphatic carbocycles. The normalized spacial score (nSPS) is 18.7. The molecule has 2 aromatic carbocycles. The summed E-state index contributed by atoms with van der Waals surface area (Å²) in [6, 6.07) is 15.0. The zero-order valence-corrected chi connectivity index (χ0v) is 18.7. The number of rotatable bonds is 6. The molecule has 35 heavy (non-hydrogen) atoms. The van der Waals surface area contributed by atoms with Crippen LogP contribution < -0.4 is 5.32 Å². The van der Waals surface area contributed by atoms with Crippen LogP contribution in [0, 0.1) is 0 Å². The molecule has 1 aliphatic heterocycles. The SMILES string of the molecule is O=C(Nc1cnn(CC(=O)N2C[C@H](O)C[C@@H]2C(=O)O)c1)OCC1c2ccccc2-c2ccccc21. The number of aliphatic carboxylic acids is 1. The van der Waals surface area contributed by atoms with Crippen LogP contribution in [-0.2, 0) is 20.9 Å². The van der Waals surface area contributed by atoms with Crippen molar-refractivity contribution in [3.8, 4) is 11.1 Å². The van der Waals surface area contributed by atoms with E-state index in [1.807, 2.05) is 36.4 Å². The van der Waals surface area contributed by atoms with Crippen molar-refractivity contribution in [1.29, 1.82) is 0 Å². The van der Waals surface area contributed by atoms with Crippen molar-refractivity contribution in [2.75, 3.05) is 18.5 Å². The van der Waals surface area contributed by atoms with E-state index < -0.39 is 30.1 Å². The maximum absolute atomic E-state index is 12.5. The van der Waals surface area contributed by atoms with Gasteiger partial charge in [-0.1, -0.05) is 48.5 Å². The number of nitrogens with one attached hydrogen (secondary N) is 1. The number of likely N-dealkylation sites (tertiary alicyclic amines) is 1. The van der Waals surface area contributed by atoms with Gasteiger partial charge in [-0.25, -0.2) is 9.59 Å². The van der Waals surface area contributed by atoms with Gasteiger partial charge in [0.05, 0.1) is 18.0 Å². The number of amides is 2. The number of fused-ring (bicyclic) bond motifs is 3. The number of carboxylic acids is 1. The number of aliphatic hydroxyl groups excluding tert-OH is 1. The summed E-state index contributed by atoms with van der Waals surface area (Å²) in [5.74, 6) is -1.70. The molecule has 10 heteroatoms. The molecule has 2 heterocycles. The summed E-state index contributed by atoms with van der Waals surface area (Å²) in [6.07, 6.45) is 1.31. The second kappa shape index (κ2) is 9.22. The van der Waals surface area contributed by atoms with Gasteiger partial charge in [-0.3, -0.25) is 14.8 Å². The lowest BCUT2D eigenvalue weighted by Gasteiger charge is -2.20. The molecule has 10 nitrogen and oxygen atoms in total. The first-order valence-corrected chi connectivity index (χ1v) is 11.3. The number of nitrogens with zero attached hydrogens (tertiary/aromatic N) is 3. The van der Waals surface area contributed by atoms with Gasteiger partial charge in [-0.2, -0.15) is 5.10 Å². The van der Waals surface area contributed by atoms with Crippen molar-refractivity contribution in [1.82, 2.24) is 14.7 Å². The first-order valence-electron chi connectivity index (χ1n) is 11.3. The Balaban J connectivity index is 1.18. The molecule has 0 spiro atoms. The second-order valence-corrected chi connectivity index (χ2v) is 8.67. The van der Waals surface area contributed by atoms with E-state index in [2.05, 4.69) is 22.5 Å². The minimum absolute atomic E-state index is 0.00519. The fourth-order valence-corrected chi connectivity index (χ4v) is 4.82. The Morgan fingerprint density at radius 2 is 1.71 bits per heavy atom. The average Bonchev–Trinajstić information content (AvgIpc) is 3.53. The van der Waals surface area contributed by atoms with Crippen LogP contribution in [0.15, 0.2) is 60.9 Å². The average molecular weight is 476 g/mol. The van der Waals surface area contributed by atoms with Gasteiger partial charge in [-0.05, 0) is 22.3 Å². The molecule has 5 rings (SSSR count). The summed E-state index contributed by atoms with van der Waals surface area (Å²) in [5, 5.41) is 25.7. The van der Waals surface area contributed by atoms with E-state index in [-0.39, 0.29) is 32.0 Å². The summed E-state index contributed by atoms with van der Waals surface area (Å²) >= 11 is 0. The summed E-state index contributed by atoms with van der Waals surface area (Å²) < 4.78 is 6.81. The fraction of sp³-hybridized carbons (Fsp3) is 0.280. The molecule has 1 fully saturated rings. The highest BCUT2D eigenvalue weighted by molar-refractivity contribution is 5.86. The van der Waals surface area contributed by atoms with Crippen LogP contribution in [0.3, 0.4) is 0 Å². The van der Waals surface area contributed by atoms with E-state index in [9.17, 15) is 24.6 Å². The predicted octanol–water partition coefficient (Wildman–Crippen LogP) is 2.29. The number of benzene rings is 2. The van der Waals surface area contributed by atoms with E-state index in [1.165, 1.54) is 17.1 Å². The molecule has 0 bridgehead atoms. The van der Waals surface area contributed by atoms with Crippen LogP contribution in [0.25, 0.3) is 11.1 Å². The molecule has 2 amide bonds. The number of ether oxygens (including phenoxy) is 1. The number of aliphatic hydroxyl groups is 1. The van der Waals surface area contributed by atoms with Gasteiger partial charge in [0.1, 0.15) is 19.2 Å². The van der Waals surface area contributed by atoms with E-state index in [4.69, 9.17) is 4.74 Å². The highest BCUT2D eigenvalue weighted by Crippen LogP contribution is 2.44. The van der Waals surface area contributed by atoms with Gasteiger partial charge in [0.15, 0.2) is 0 Å². The van der Waals surface area contributed by atoms with Crippen LogP contribution in [-0.4, -0.2) is 68.2 Å². The minimum atomic E-state index is -1.16. The van der Waals surface area contributed by atoms with Crippen LogP contribution in [0.1, 0.15) is 23.5 Å². The Labute approximate surface area is 200 Å². The van der Waals surface area contributed by atoms with Crippen molar-refractivity contribution in [2.24, 2.45) is 0 Å². The smallest absolute Gasteiger partial charge is 0.411 e. The number of β-amino-alcohol motifs (C(OH)–C–C–N with tert-alkyl or cyclic N) is 1. The van der Waals surface area contributed by atoms with Crippen molar-refractivity contribution < 1.29 is 29.3 Å². The summed E-state index contributed by atoms with van der Waals surface area (Å²) in [6.45, 7) is -0.0921. The number of carbonyl (C=O) groups is 3. The standard InChI is InChI=1S/C25H24N4O6/c30-16-9-22(24(32)33)29(12-16)23(31)13-28-11-15(10-26-28)27-25(34)35-14-21-19-7-3-1-5-17(19)18-6-2-4-8-20(18)21/h1-8,10-11,16,21-22,30H,9,12-14H2,(H,27,34)(H,32,33)/t16-,22-/m1/s1. The zero-order chi connectivity index (χ0) is 24.5. The number of carbonyl (C=O) groups excluding carboxylic acids is 2. The number of anilines is 1. The third-order valence-electron chi connectivity index (χ3n) is 6.40. The maximum atomic E-state index is 12.5. The molecular formula is C25H24N4O6. The lowest BCUT2D eigenvalue weighted by molar-refractivity contribution is -0.148. The summed E-state index contributed by atoms with van der Waals surface area (Å²) in [7, 11) is 0. The lowest BCUT2D eigenvalue weighted by atomic mass is 9.98. The minimum Gasteiger partial charge on any atom is -0.480 e. The molecule has 0 unspecified atom stereocenters. The third-order valence-corrected chi connectivity index (χ3v) is 6.40. The number of aromatic nitrogens is 2. The van der Waals surface area contributed by atoms with Gasteiger partial charge in [0.2, 0.25) is 5.91 Å². The molecule has 0 radical (unpaired) electrons. The molecule has 180 valence electrons. The Kier molecular flexibility index (Phi) is 5.96. The quantitative estimate of drug-likeness (QED) is 0.497. The highest BCUT2D eigenvalue weighted by Gasteiger charge is 2.38. The largest absolute Gasteiger partial charge is 0.480 e. The maximum Gasteiger partial charge on any atom is 0.411 e. The van der Waals surface area contributed by atoms with E-state index in [0.29, 0.717) is 5.69 Å². The predicted molar refractivity (Wildman–Crippen MR) is 125 cm³/mol. The fourth-order valence-electron chi connectivity index (χ4n) is 4.82. The molecular weight excluding hydrogens is 452 g/mol. The zero-order valence-electron chi connectivity index (χ0n) is 18.7. The van der Waals surface area contributed by atoms with Crippen molar-refractivity contribution in [2.45, 2.75) is 31.0 Å². The van der Waals surface area contributed by atoms with Gasteiger partial charge in [-0.15, -0.1) is 0 Å². The molecule has 2 aliphatic rings. The Morgan fingerprint density at radius 3 is 2.37 bits per heavy atom. The molecule has 2 atom stereocenters. The number of carboxylic acid groups (broad SMARTS) is 1. The third kappa shape index (κ3) is 4.47. The van der Waals surface area contributed by atoms with Crippen LogP contribution in [0.5, 0.6) is 0 Å². The molecule has 1 aromatic heterocycles. The first-order chi connectivity index (χ1) is 16.9. The second-order valence-electron chi connectivity index (χ2n) is 8.67. The highest BCUT2D eigenvalue weighted by atomic mass is 16.5. The molecule has 3 aromatic rings. The molecule has 0 saturated carbocycles. The van der Waals surface area contributed by atoms with E-state index >= 15 is 0 Å². The van der Waals surface area contributed by atoms with E-state index in [0.717, 1.165) is 27.2 Å². The molecule has 1 saturated heterocycles. The van der Waals surface area contributed by atoms with Crippen LogP contribution >= 0.6 is 0 Å². The Bertz CT molecular complexity index is 1240. The Morgan fingerprint density at radius 1 is 1.06 bits per heavy atom. The van der Waals surface area contributed by atoms with Gasteiger partial charge in [0.25, 0.3) is 0 Å². The number of hydrogen-bond donors (Lipinski definition) is 3. The van der Waals surface area contributed by atoms with Crippen molar-refractivity contribution >= 4 is 23.7 Å². The van der Waals surface area contributed by atoms with Gasteiger partial charge < -0.3 is 19.8 Å². The molecule has 3 N–H and O–H groups in total. The van der Waals surface area contributed by atoms with Gasteiger partial charge >= 0.3 is 12.1 Å². The topological polar surface area (TPSA) is 134 Å². The monoisotopic (exact) mass is 476 g/mol. The number of hydrogen-bond acceptors (Lipinski definition) is 6. The lowest BCUT2D eigenvalue weighted by Crippen LogP contribution is -2.42.